The third kappa shape index (κ3) is 2.67. The van der Waals surface area contributed by atoms with Crippen molar-refractivity contribution in [2.24, 2.45) is 0 Å². The van der Waals surface area contributed by atoms with Gasteiger partial charge in [-0.3, -0.25) is 9.78 Å². The van der Waals surface area contributed by atoms with E-state index in [9.17, 15) is 4.79 Å². The van der Waals surface area contributed by atoms with Crippen molar-refractivity contribution >= 4 is 39.3 Å². The van der Waals surface area contributed by atoms with Crippen molar-refractivity contribution in [3.05, 3.63) is 52.8 Å². The lowest BCUT2D eigenvalue weighted by Crippen LogP contribution is -2.34. The molecule has 1 amide bonds. The predicted molar refractivity (Wildman–Crippen MR) is 80.3 cm³/mol. The molecule has 19 heavy (non-hydrogen) atoms. The first-order chi connectivity index (χ1) is 9.24. The first-order valence-corrected chi connectivity index (χ1v) is 7.63. The van der Waals surface area contributed by atoms with Gasteiger partial charge >= 0.3 is 0 Å². The van der Waals surface area contributed by atoms with E-state index in [4.69, 9.17) is 0 Å². The summed E-state index contributed by atoms with van der Waals surface area (Å²) in [5, 5.41) is 0. The number of thioether (sulfide) groups is 1. The molecule has 0 unspecified atom stereocenters. The van der Waals surface area contributed by atoms with Crippen LogP contribution < -0.4 is 4.90 Å². The molecule has 2 heterocycles. The number of pyridine rings is 1. The lowest BCUT2D eigenvalue weighted by molar-refractivity contribution is -0.116. The fourth-order valence-corrected chi connectivity index (χ4v) is 3.51. The number of benzene rings is 1. The van der Waals surface area contributed by atoms with E-state index in [1.54, 1.807) is 24.2 Å². The van der Waals surface area contributed by atoms with Crippen molar-refractivity contribution in [2.75, 3.05) is 10.7 Å². The number of carbonyl (C=O) groups excluding carboxylic acids is 1. The van der Waals surface area contributed by atoms with Crippen molar-refractivity contribution in [1.82, 2.24) is 4.98 Å². The SMILES string of the molecule is O=C1CSc2cc(Br)ccc2N1Cc1cccnc1. The molecule has 0 atom stereocenters. The summed E-state index contributed by atoms with van der Waals surface area (Å²) in [6.07, 6.45) is 3.54. The van der Waals surface area contributed by atoms with E-state index in [0.29, 0.717) is 12.3 Å². The number of halogens is 1. The minimum Gasteiger partial charge on any atom is -0.306 e. The van der Waals surface area contributed by atoms with Crippen LogP contribution in [0.3, 0.4) is 0 Å². The van der Waals surface area contributed by atoms with Crippen LogP contribution in [0.1, 0.15) is 5.56 Å². The van der Waals surface area contributed by atoms with E-state index in [-0.39, 0.29) is 5.91 Å². The average molecular weight is 335 g/mol. The second-order valence-corrected chi connectivity index (χ2v) is 6.17. The van der Waals surface area contributed by atoms with Crippen LogP contribution in [0.4, 0.5) is 5.69 Å². The van der Waals surface area contributed by atoms with Crippen molar-refractivity contribution in [3.8, 4) is 0 Å². The van der Waals surface area contributed by atoms with Crippen LogP contribution >= 0.6 is 27.7 Å². The molecule has 0 aliphatic carbocycles. The van der Waals surface area contributed by atoms with Crippen molar-refractivity contribution in [2.45, 2.75) is 11.4 Å². The highest BCUT2D eigenvalue weighted by Gasteiger charge is 2.24. The van der Waals surface area contributed by atoms with Crippen LogP contribution in [0.2, 0.25) is 0 Å². The fraction of sp³-hybridized carbons (Fsp3) is 0.143. The number of anilines is 1. The normalized spacial score (nSPS) is 14.4. The predicted octanol–water partition coefficient (Wildman–Crippen LogP) is 3.48. The van der Waals surface area contributed by atoms with Gasteiger partial charge in [0.05, 0.1) is 18.0 Å². The Morgan fingerprint density at radius 1 is 1.37 bits per heavy atom. The molecule has 1 aliphatic heterocycles. The lowest BCUT2D eigenvalue weighted by Gasteiger charge is -2.29. The third-order valence-corrected chi connectivity index (χ3v) is 4.45. The molecular formula is C14H11BrN2OS. The largest absolute Gasteiger partial charge is 0.306 e. The lowest BCUT2D eigenvalue weighted by atomic mass is 10.2. The van der Waals surface area contributed by atoms with E-state index in [0.717, 1.165) is 20.6 Å². The van der Waals surface area contributed by atoms with E-state index >= 15 is 0 Å². The number of carbonyl (C=O) groups is 1. The first-order valence-electron chi connectivity index (χ1n) is 5.85. The van der Waals surface area contributed by atoms with E-state index in [1.807, 2.05) is 29.2 Å². The van der Waals surface area contributed by atoms with Gasteiger partial charge in [-0.05, 0) is 29.8 Å². The zero-order chi connectivity index (χ0) is 13.2. The Balaban J connectivity index is 1.95. The van der Waals surface area contributed by atoms with Crippen molar-refractivity contribution in [1.29, 1.82) is 0 Å². The van der Waals surface area contributed by atoms with E-state index in [1.165, 1.54) is 0 Å². The van der Waals surface area contributed by atoms with Gasteiger partial charge in [-0.2, -0.15) is 0 Å². The van der Waals surface area contributed by atoms with Crippen LogP contribution in [0, 0.1) is 0 Å². The van der Waals surface area contributed by atoms with Gasteiger partial charge in [0, 0.05) is 21.8 Å². The summed E-state index contributed by atoms with van der Waals surface area (Å²) < 4.78 is 1.04. The zero-order valence-corrected chi connectivity index (χ0v) is 12.4. The Hall–Kier alpha value is -1.33. The molecule has 3 rings (SSSR count). The smallest absolute Gasteiger partial charge is 0.237 e. The van der Waals surface area contributed by atoms with Crippen LogP contribution in [0.25, 0.3) is 0 Å². The second-order valence-electron chi connectivity index (χ2n) is 4.24. The Kier molecular flexibility index (Phi) is 3.57. The third-order valence-electron chi connectivity index (χ3n) is 2.93. The molecule has 0 fully saturated rings. The van der Waals surface area contributed by atoms with E-state index in [2.05, 4.69) is 27.0 Å². The molecule has 1 aromatic heterocycles. The second kappa shape index (κ2) is 5.35. The molecular weight excluding hydrogens is 324 g/mol. The fourth-order valence-electron chi connectivity index (χ4n) is 2.03. The highest BCUT2D eigenvalue weighted by molar-refractivity contribution is 9.10. The summed E-state index contributed by atoms with van der Waals surface area (Å²) in [6, 6.07) is 9.89. The molecule has 0 saturated heterocycles. The van der Waals surface area contributed by atoms with Gasteiger partial charge in [-0.1, -0.05) is 22.0 Å². The van der Waals surface area contributed by atoms with Gasteiger partial charge in [0.25, 0.3) is 0 Å². The van der Waals surface area contributed by atoms with Crippen LogP contribution in [-0.4, -0.2) is 16.6 Å². The van der Waals surface area contributed by atoms with Crippen LogP contribution in [-0.2, 0) is 11.3 Å². The summed E-state index contributed by atoms with van der Waals surface area (Å²) in [4.78, 5) is 19.2. The standard InChI is InChI=1S/C14H11BrN2OS/c15-11-3-4-12-13(6-11)19-9-14(18)17(12)8-10-2-1-5-16-7-10/h1-7H,8-9H2. The number of hydrogen-bond donors (Lipinski definition) is 0. The summed E-state index contributed by atoms with van der Waals surface area (Å²) in [7, 11) is 0. The zero-order valence-electron chi connectivity index (χ0n) is 10.0. The number of hydrogen-bond acceptors (Lipinski definition) is 3. The van der Waals surface area contributed by atoms with Crippen molar-refractivity contribution < 1.29 is 4.79 Å². The molecule has 96 valence electrons. The van der Waals surface area contributed by atoms with Crippen LogP contribution in [0.5, 0.6) is 0 Å². The van der Waals surface area contributed by atoms with Gasteiger partial charge in [0.15, 0.2) is 0 Å². The Morgan fingerprint density at radius 2 is 2.26 bits per heavy atom. The van der Waals surface area contributed by atoms with Gasteiger partial charge < -0.3 is 4.90 Å². The molecule has 0 N–H and O–H groups in total. The molecule has 0 bridgehead atoms. The molecule has 0 spiro atoms. The molecule has 0 saturated carbocycles. The van der Waals surface area contributed by atoms with Gasteiger partial charge in [-0.15, -0.1) is 11.8 Å². The quantitative estimate of drug-likeness (QED) is 0.842. The highest BCUT2D eigenvalue weighted by Crippen LogP contribution is 2.37. The maximum Gasteiger partial charge on any atom is 0.237 e. The molecule has 3 nitrogen and oxygen atoms in total. The molecule has 1 aromatic carbocycles. The van der Waals surface area contributed by atoms with Gasteiger partial charge in [-0.25, -0.2) is 0 Å². The minimum atomic E-state index is 0.142. The minimum absolute atomic E-state index is 0.142. The Morgan fingerprint density at radius 3 is 3.05 bits per heavy atom. The number of rotatable bonds is 2. The number of amides is 1. The first kappa shape index (κ1) is 12.7. The molecule has 1 aliphatic rings. The number of fused-ring (bicyclic) bond motifs is 1. The molecule has 0 radical (unpaired) electrons. The molecule has 2 aromatic rings. The maximum atomic E-state index is 12.1. The van der Waals surface area contributed by atoms with Gasteiger partial charge in [0.2, 0.25) is 5.91 Å². The topological polar surface area (TPSA) is 33.2 Å². The average Bonchev–Trinajstić information content (AvgIpc) is 2.43. The Labute approximate surface area is 124 Å². The Bertz CT molecular complexity index is 618. The number of aromatic nitrogens is 1. The van der Waals surface area contributed by atoms with E-state index < -0.39 is 0 Å². The maximum absolute atomic E-state index is 12.1. The summed E-state index contributed by atoms with van der Waals surface area (Å²) in [5.41, 5.74) is 2.02. The molecule has 5 heteroatoms. The van der Waals surface area contributed by atoms with Crippen molar-refractivity contribution in [3.63, 3.8) is 0 Å². The monoisotopic (exact) mass is 334 g/mol. The van der Waals surface area contributed by atoms with Gasteiger partial charge in [0.1, 0.15) is 0 Å². The van der Waals surface area contributed by atoms with Crippen LogP contribution in [0.15, 0.2) is 52.1 Å². The summed E-state index contributed by atoms with van der Waals surface area (Å²) in [5.74, 6) is 0.632. The highest BCUT2D eigenvalue weighted by atomic mass is 79.9. The summed E-state index contributed by atoms with van der Waals surface area (Å²) >= 11 is 5.05. The number of nitrogens with zero attached hydrogens (tertiary/aromatic N) is 2. The summed E-state index contributed by atoms with van der Waals surface area (Å²) in [6.45, 7) is 0.571.